The number of urea groups is 1. The Morgan fingerprint density at radius 2 is 1.95 bits per heavy atom. The number of thiazole rings is 1. The van der Waals surface area contributed by atoms with E-state index in [1.807, 2.05) is 13.0 Å². The fourth-order valence-corrected chi connectivity index (χ4v) is 6.26. The van der Waals surface area contributed by atoms with Crippen molar-refractivity contribution in [3.63, 3.8) is 0 Å². The molecule has 2 aliphatic heterocycles. The molecular weight excluding hydrogens is 512 g/mol. The van der Waals surface area contributed by atoms with Gasteiger partial charge in [0.1, 0.15) is 0 Å². The standard InChI is InChI=1S/C24H32N8O3S2/c1-5-25-22(33)30-23-29-17-8-15(16-10-27-21(28-11-16)31-37(34,35)24(2,3)4)9-19(20(17)36-23)32-12-14-6-7-26-18(14)13-32/h8-11,14,18,26H,5-7,12-13H2,1-4H3,(H,27,28,31)(H2,25,29,30,33)/t14-,18+/m1/s1. The molecule has 0 aliphatic carbocycles. The number of aromatic nitrogens is 3. The van der Waals surface area contributed by atoms with Crippen LogP contribution in [0.5, 0.6) is 0 Å². The molecule has 1 aromatic carbocycles. The number of anilines is 3. The third-order valence-electron chi connectivity index (χ3n) is 6.75. The van der Waals surface area contributed by atoms with Gasteiger partial charge >= 0.3 is 6.03 Å². The Morgan fingerprint density at radius 3 is 2.62 bits per heavy atom. The molecule has 0 unspecified atom stereocenters. The van der Waals surface area contributed by atoms with Crippen molar-refractivity contribution in [1.29, 1.82) is 0 Å². The molecule has 2 aromatic heterocycles. The van der Waals surface area contributed by atoms with Gasteiger partial charge in [0, 0.05) is 43.6 Å². The SMILES string of the molecule is CCNC(=O)Nc1nc2cc(-c3cnc(NS(=O)(=O)C(C)(C)C)nc3)cc(N3C[C@H]4CCN[C@H]4C3)c2s1. The molecule has 3 aromatic rings. The molecule has 0 spiro atoms. The molecule has 2 fully saturated rings. The fraction of sp³-hybridized carbons (Fsp3) is 0.500. The first-order valence-corrected chi connectivity index (χ1v) is 14.7. The van der Waals surface area contributed by atoms with E-state index < -0.39 is 14.8 Å². The number of hydrogen-bond acceptors (Lipinski definition) is 9. The third-order valence-corrected chi connectivity index (χ3v) is 9.82. The summed E-state index contributed by atoms with van der Waals surface area (Å²) in [5.74, 6) is 0.638. The minimum atomic E-state index is -3.63. The molecule has 13 heteroatoms. The van der Waals surface area contributed by atoms with Gasteiger partial charge in [-0.25, -0.2) is 28.2 Å². The second-order valence-corrected chi connectivity index (χ2v) is 13.8. The second-order valence-electron chi connectivity index (χ2n) is 10.4. The van der Waals surface area contributed by atoms with E-state index in [4.69, 9.17) is 4.98 Å². The summed E-state index contributed by atoms with van der Waals surface area (Å²) in [5, 5.41) is 9.69. The molecule has 2 atom stereocenters. The van der Waals surface area contributed by atoms with Gasteiger partial charge in [0.25, 0.3) is 0 Å². The summed E-state index contributed by atoms with van der Waals surface area (Å²) in [5.41, 5.74) is 3.44. The minimum absolute atomic E-state index is 0.0282. The molecule has 37 heavy (non-hydrogen) atoms. The van der Waals surface area contributed by atoms with Crippen LogP contribution in [0.4, 0.5) is 21.6 Å². The summed E-state index contributed by atoms with van der Waals surface area (Å²) in [7, 11) is -3.63. The maximum atomic E-state index is 12.5. The largest absolute Gasteiger partial charge is 0.368 e. The molecule has 0 radical (unpaired) electrons. The number of carbonyl (C=O) groups excluding carboxylic acids is 1. The third kappa shape index (κ3) is 5.20. The van der Waals surface area contributed by atoms with Crippen molar-refractivity contribution in [3.8, 4) is 11.1 Å². The number of nitrogens with one attached hydrogen (secondary N) is 4. The van der Waals surface area contributed by atoms with Gasteiger partial charge in [0.15, 0.2) is 5.13 Å². The number of benzene rings is 1. The maximum Gasteiger partial charge on any atom is 0.321 e. The summed E-state index contributed by atoms with van der Waals surface area (Å²) < 4.78 is 27.4. The average molecular weight is 545 g/mol. The molecule has 4 heterocycles. The summed E-state index contributed by atoms with van der Waals surface area (Å²) in [4.78, 5) is 27.7. The van der Waals surface area contributed by atoms with Gasteiger partial charge in [-0.05, 0) is 64.3 Å². The van der Waals surface area contributed by atoms with Crippen molar-refractivity contribution in [2.75, 3.05) is 41.1 Å². The quantitative estimate of drug-likeness (QED) is 0.371. The van der Waals surface area contributed by atoms with E-state index >= 15 is 0 Å². The summed E-state index contributed by atoms with van der Waals surface area (Å²) in [6.07, 6.45) is 4.38. The van der Waals surface area contributed by atoms with Crippen molar-refractivity contribution in [3.05, 3.63) is 24.5 Å². The van der Waals surface area contributed by atoms with E-state index in [1.165, 1.54) is 11.3 Å². The molecule has 0 saturated carbocycles. The molecule has 11 nitrogen and oxygen atoms in total. The van der Waals surface area contributed by atoms with Crippen LogP contribution in [0.25, 0.3) is 21.3 Å². The van der Waals surface area contributed by atoms with Crippen molar-refractivity contribution in [2.45, 2.75) is 44.9 Å². The van der Waals surface area contributed by atoms with Crippen LogP contribution in [0.15, 0.2) is 24.5 Å². The molecule has 5 rings (SSSR count). The van der Waals surface area contributed by atoms with Crippen molar-refractivity contribution in [1.82, 2.24) is 25.6 Å². The molecule has 2 aliphatic rings. The predicted octanol–water partition coefficient (Wildman–Crippen LogP) is 3.23. The lowest BCUT2D eigenvalue weighted by Gasteiger charge is -2.21. The van der Waals surface area contributed by atoms with Gasteiger partial charge in [-0.15, -0.1) is 0 Å². The number of carbonyl (C=O) groups is 1. The highest BCUT2D eigenvalue weighted by molar-refractivity contribution is 7.94. The molecule has 4 N–H and O–H groups in total. The van der Waals surface area contributed by atoms with E-state index in [9.17, 15) is 13.2 Å². The van der Waals surface area contributed by atoms with Crippen LogP contribution in [0.1, 0.15) is 34.1 Å². The van der Waals surface area contributed by atoms with Crippen LogP contribution in [0.2, 0.25) is 0 Å². The van der Waals surface area contributed by atoms with Gasteiger partial charge in [0.05, 0.1) is 20.7 Å². The highest BCUT2D eigenvalue weighted by atomic mass is 32.2. The van der Waals surface area contributed by atoms with Crippen molar-refractivity contribution < 1.29 is 13.2 Å². The van der Waals surface area contributed by atoms with Crippen LogP contribution >= 0.6 is 11.3 Å². The Balaban J connectivity index is 1.49. The van der Waals surface area contributed by atoms with Gasteiger partial charge in [-0.3, -0.25) is 10.0 Å². The van der Waals surface area contributed by atoms with Crippen LogP contribution in [0, 0.1) is 5.92 Å². The Kier molecular flexibility index (Phi) is 6.71. The van der Waals surface area contributed by atoms with Crippen LogP contribution in [0.3, 0.4) is 0 Å². The van der Waals surface area contributed by atoms with Crippen molar-refractivity contribution >= 4 is 54.4 Å². The average Bonchev–Trinajstić information content (AvgIpc) is 3.52. The zero-order chi connectivity index (χ0) is 26.4. The van der Waals surface area contributed by atoms with Gasteiger partial charge in [0.2, 0.25) is 16.0 Å². The van der Waals surface area contributed by atoms with Crippen molar-refractivity contribution in [2.24, 2.45) is 5.92 Å². The Hall–Kier alpha value is -3.03. The summed E-state index contributed by atoms with van der Waals surface area (Å²) in [6, 6.07) is 4.24. The normalized spacial score (nSPS) is 19.7. The van der Waals surface area contributed by atoms with Crippen LogP contribution in [-0.2, 0) is 10.0 Å². The number of fused-ring (bicyclic) bond motifs is 2. The fourth-order valence-electron chi connectivity index (χ4n) is 4.62. The molecular formula is C24H32N8O3S2. The lowest BCUT2D eigenvalue weighted by Crippen LogP contribution is -2.34. The zero-order valence-corrected chi connectivity index (χ0v) is 23.0. The van der Waals surface area contributed by atoms with E-state index in [2.05, 4.69) is 41.6 Å². The minimum Gasteiger partial charge on any atom is -0.368 e. The zero-order valence-electron chi connectivity index (χ0n) is 21.3. The number of rotatable bonds is 6. The van der Waals surface area contributed by atoms with E-state index in [0.29, 0.717) is 23.6 Å². The molecule has 2 saturated heterocycles. The summed E-state index contributed by atoms with van der Waals surface area (Å²) in [6.45, 7) is 10.2. The van der Waals surface area contributed by atoms with Crippen LogP contribution < -0.4 is 25.6 Å². The van der Waals surface area contributed by atoms with Gasteiger partial charge < -0.3 is 15.5 Å². The second kappa shape index (κ2) is 9.69. The number of hydrogen-bond donors (Lipinski definition) is 4. The predicted molar refractivity (Wildman–Crippen MR) is 148 cm³/mol. The highest BCUT2D eigenvalue weighted by Crippen LogP contribution is 2.41. The Morgan fingerprint density at radius 1 is 1.19 bits per heavy atom. The van der Waals surface area contributed by atoms with E-state index in [-0.39, 0.29) is 12.0 Å². The Bertz CT molecular complexity index is 1400. The van der Waals surface area contributed by atoms with Gasteiger partial charge in [-0.1, -0.05) is 11.3 Å². The monoisotopic (exact) mass is 544 g/mol. The molecule has 198 valence electrons. The topological polar surface area (TPSA) is 141 Å². The first-order valence-electron chi connectivity index (χ1n) is 12.4. The van der Waals surface area contributed by atoms with E-state index in [0.717, 1.165) is 53.1 Å². The smallest absolute Gasteiger partial charge is 0.321 e. The molecule has 0 bridgehead atoms. The Labute approximate surface area is 220 Å². The maximum absolute atomic E-state index is 12.5. The lowest BCUT2D eigenvalue weighted by atomic mass is 10.1. The number of amides is 2. The first kappa shape index (κ1) is 25.6. The molecule has 2 amide bonds. The highest BCUT2D eigenvalue weighted by Gasteiger charge is 2.37. The first-order chi connectivity index (χ1) is 17.5. The number of nitrogens with zero attached hydrogens (tertiary/aromatic N) is 4. The summed E-state index contributed by atoms with van der Waals surface area (Å²) >= 11 is 1.45. The van der Waals surface area contributed by atoms with E-state index in [1.54, 1.807) is 33.2 Å². The van der Waals surface area contributed by atoms with Gasteiger partial charge in [-0.2, -0.15) is 0 Å². The number of sulfonamides is 1. The lowest BCUT2D eigenvalue weighted by molar-refractivity contribution is 0.252. The van der Waals surface area contributed by atoms with Crippen LogP contribution in [-0.4, -0.2) is 66.4 Å².